The highest BCUT2D eigenvalue weighted by Crippen LogP contribution is 2.27. The van der Waals surface area contributed by atoms with Gasteiger partial charge in [0.2, 0.25) is 0 Å². The maximum absolute atomic E-state index is 13.7. The molecule has 22 heavy (non-hydrogen) atoms. The van der Waals surface area contributed by atoms with Crippen LogP contribution in [0.3, 0.4) is 0 Å². The first-order chi connectivity index (χ1) is 10.6. The summed E-state index contributed by atoms with van der Waals surface area (Å²) in [6.45, 7) is 1.89. The molecule has 0 aliphatic rings. The lowest BCUT2D eigenvalue weighted by Crippen LogP contribution is -2.00. The first-order valence-corrected chi connectivity index (χ1v) is 7.91. The summed E-state index contributed by atoms with van der Waals surface area (Å²) in [5.41, 5.74) is 0.477. The molecule has 0 radical (unpaired) electrons. The largest absolute Gasteiger partial charge is 0.287 e. The molecule has 2 heterocycles. The van der Waals surface area contributed by atoms with Crippen molar-refractivity contribution in [1.82, 2.24) is 19.7 Å². The third-order valence-electron chi connectivity index (χ3n) is 3.12. The SMILES string of the molecule is Cc1nccn1-c1ccc(SCc2c(F)cccc2Cl)nn1. The highest BCUT2D eigenvalue weighted by Gasteiger charge is 2.09. The van der Waals surface area contributed by atoms with Gasteiger partial charge in [0, 0.05) is 28.7 Å². The summed E-state index contributed by atoms with van der Waals surface area (Å²) >= 11 is 7.40. The van der Waals surface area contributed by atoms with E-state index in [1.54, 1.807) is 18.3 Å². The third kappa shape index (κ3) is 3.13. The standard InChI is InChI=1S/C15H12ClFN4S/c1-10-18-7-8-21(10)14-5-6-15(20-19-14)22-9-11-12(16)3-2-4-13(11)17/h2-8H,9H2,1H3. The lowest BCUT2D eigenvalue weighted by atomic mass is 10.2. The van der Waals surface area contributed by atoms with Crippen molar-refractivity contribution < 1.29 is 4.39 Å². The van der Waals surface area contributed by atoms with E-state index in [-0.39, 0.29) is 5.82 Å². The predicted molar refractivity (Wildman–Crippen MR) is 84.9 cm³/mol. The Bertz CT molecular complexity index is 768. The number of aromatic nitrogens is 4. The number of thioether (sulfide) groups is 1. The van der Waals surface area contributed by atoms with Gasteiger partial charge in [-0.15, -0.1) is 10.2 Å². The highest BCUT2D eigenvalue weighted by atomic mass is 35.5. The van der Waals surface area contributed by atoms with Crippen molar-refractivity contribution in [3.63, 3.8) is 0 Å². The van der Waals surface area contributed by atoms with Gasteiger partial charge in [0.1, 0.15) is 16.7 Å². The zero-order valence-electron chi connectivity index (χ0n) is 11.7. The molecule has 0 aliphatic carbocycles. The Morgan fingerprint density at radius 2 is 2.09 bits per heavy atom. The minimum atomic E-state index is -0.307. The van der Waals surface area contributed by atoms with Crippen LogP contribution in [0.15, 0.2) is 47.8 Å². The Labute approximate surface area is 136 Å². The Kier molecular flexibility index (Phi) is 4.40. The summed E-state index contributed by atoms with van der Waals surface area (Å²) in [6, 6.07) is 8.37. The molecule has 3 aromatic rings. The van der Waals surface area contributed by atoms with E-state index in [0.29, 0.717) is 27.2 Å². The van der Waals surface area contributed by atoms with E-state index in [2.05, 4.69) is 15.2 Å². The van der Waals surface area contributed by atoms with Gasteiger partial charge in [-0.25, -0.2) is 9.37 Å². The van der Waals surface area contributed by atoms with Crippen molar-refractivity contribution >= 4 is 23.4 Å². The molecule has 7 heteroatoms. The number of rotatable bonds is 4. The van der Waals surface area contributed by atoms with Crippen LogP contribution in [-0.4, -0.2) is 19.7 Å². The van der Waals surface area contributed by atoms with Gasteiger partial charge in [-0.2, -0.15) is 0 Å². The van der Waals surface area contributed by atoms with Crippen molar-refractivity contribution in [2.45, 2.75) is 17.7 Å². The predicted octanol–water partition coefficient (Wildman–Crippen LogP) is 4.06. The molecule has 0 bridgehead atoms. The van der Waals surface area contributed by atoms with Crippen LogP contribution in [0.1, 0.15) is 11.4 Å². The molecule has 0 unspecified atom stereocenters. The summed E-state index contributed by atoms with van der Waals surface area (Å²) in [4.78, 5) is 4.14. The molecule has 0 saturated carbocycles. The van der Waals surface area contributed by atoms with Gasteiger partial charge in [-0.1, -0.05) is 29.4 Å². The number of halogens is 2. The summed E-state index contributed by atoms with van der Waals surface area (Å²) in [5, 5.41) is 9.44. The summed E-state index contributed by atoms with van der Waals surface area (Å²) in [5.74, 6) is 1.64. The second-order valence-corrected chi connectivity index (χ2v) is 5.97. The van der Waals surface area contributed by atoms with E-state index >= 15 is 0 Å². The zero-order valence-corrected chi connectivity index (χ0v) is 13.3. The number of imidazole rings is 1. The fraction of sp³-hybridized carbons (Fsp3) is 0.133. The molecule has 1 aromatic carbocycles. The number of hydrogen-bond donors (Lipinski definition) is 0. The molecule has 4 nitrogen and oxygen atoms in total. The fourth-order valence-corrected chi connectivity index (χ4v) is 3.11. The molecule has 112 valence electrons. The number of nitrogens with zero attached hydrogens (tertiary/aromatic N) is 4. The second kappa shape index (κ2) is 6.46. The van der Waals surface area contributed by atoms with Crippen LogP contribution in [0, 0.1) is 12.7 Å². The first kappa shape index (κ1) is 15.0. The van der Waals surface area contributed by atoms with Crippen molar-refractivity contribution in [3.05, 3.63) is 65.0 Å². The van der Waals surface area contributed by atoms with E-state index in [0.717, 1.165) is 5.82 Å². The molecule has 0 atom stereocenters. The van der Waals surface area contributed by atoms with Crippen LogP contribution >= 0.6 is 23.4 Å². The van der Waals surface area contributed by atoms with Crippen molar-refractivity contribution in [2.24, 2.45) is 0 Å². The van der Waals surface area contributed by atoms with E-state index < -0.39 is 0 Å². The summed E-state index contributed by atoms with van der Waals surface area (Å²) < 4.78 is 15.5. The molecule has 0 amide bonds. The van der Waals surface area contributed by atoms with Crippen molar-refractivity contribution in [1.29, 1.82) is 0 Å². The van der Waals surface area contributed by atoms with Gasteiger partial charge in [0.25, 0.3) is 0 Å². The van der Waals surface area contributed by atoms with E-state index in [4.69, 9.17) is 11.6 Å². The van der Waals surface area contributed by atoms with Gasteiger partial charge in [0.05, 0.1) is 0 Å². The van der Waals surface area contributed by atoms with Gasteiger partial charge < -0.3 is 0 Å². The summed E-state index contributed by atoms with van der Waals surface area (Å²) in [7, 11) is 0. The monoisotopic (exact) mass is 334 g/mol. The van der Waals surface area contributed by atoms with Crippen LogP contribution in [0.4, 0.5) is 4.39 Å². The minimum absolute atomic E-state index is 0.307. The molecule has 0 fully saturated rings. The number of aryl methyl sites for hydroxylation is 1. The van der Waals surface area contributed by atoms with Crippen molar-refractivity contribution in [2.75, 3.05) is 0 Å². The van der Waals surface area contributed by atoms with Crippen molar-refractivity contribution in [3.8, 4) is 5.82 Å². The van der Waals surface area contributed by atoms with E-state index in [9.17, 15) is 4.39 Å². The van der Waals surface area contributed by atoms with Gasteiger partial charge >= 0.3 is 0 Å². The fourth-order valence-electron chi connectivity index (χ4n) is 1.95. The quantitative estimate of drug-likeness (QED) is 0.675. The normalized spacial score (nSPS) is 10.9. The lowest BCUT2D eigenvalue weighted by molar-refractivity contribution is 0.617. The Hall–Kier alpha value is -1.92. The number of hydrogen-bond acceptors (Lipinski definition) is 4. The Morgan fingerprint density at radius 1 is 1.23 bits per heavy atom. The Morgan fingerprint density at radius 3 is 2.73 bits per heavy atom. The smallest absolute Gasteiger partial charge is 0.160 e. The van der Waals surface area contributed by atoms with Gasteiger partial charge in [-0.3, -0.25) is 4.57 Å². The van der Waals surface area contributed by atoms with Crippen LogP contribution in [0.5, 0.6) is 0 Å². The average molecular weight is 335 g/mol. The molecule has 2 aromatic heterocycles. The summed E-state index contributed by atoms with van der Waals surface area (Å²) in [6.07, 6.45) is 3.53. The van der Waals surface area contributed by atoms with Crippen LogP contribution in [-0.2, 0) is 5.75 Å². The van der Waals surface area contributed by atoms with Crippen LogP contribution in [0.25, 0.3) is 5.82 Å². The topological polar surface area (TPSA) is 43.6 Å². The molecule has 0 spiro atoms. The van der Waals surface area contributed by atoms with E-state index in [1.165, 1.54) is 17.8 Å². The Balaban J connectivity index is 1.73. The van der Waals surface area contributed by atoms with Crippen LogP contribution in [0.2, 0.25) is 5.02 Å². The highest BCUT2D eigenvalue weighted by molar-refractivity contribution is 7.98. The lowest BCUT2D eigenvalue weighted by Gasteiger charge is -2.06. The average Bonchev–Trinajstić information content (AvgIpc) is 2.93. The number of benzene rings is 1. The molecule has 3 rings (SSSR count). The molecule has 0 N–H and O–H groups in total. The van der Waals surface area contributed by atoms with Gasteiger partial charge in [-0.05, 0) is 31.2 Å². The molecular weight excluding hydrogens is 323 g/mol. The second-order valence-electron chi connectivity index (χ2n) is 4.56. The minimum Gasteiger partial charge on any atom is -0.287 e. The van der Waals surface area contributed by atoms with Gasteiger partial charge in [0.15, 0.2) is 5.82 Å². The zero-order chi connectivity index (χ0) is 15.5. The third-order valence-corrected chi connectivity index (χ3v) is 4.43. The van der Waals surface area contributed by atoms with E-state index in [1.807, 2.05) is 29.8 Å². The first-order valence-electron chi connectivity index (χ1n) is 6.55. The maximum Gasteiger partial charge on any atom is 0.160 e. The molecular formula is C15H12ClFN4S. The molecule has 0 aliphatic heterocycles. The van der Waals surface area contributed by atoms with Crippen LogP contribution < -0.4 is 0 Å². The molecule has 0 saturated heterocycles. The maximum atomic E-state index is 13.7.